The zero-order chi connectivity index (χ0) is 25.4. The van der Waals surface area contributed by atoms with Gasteiger partial charge in [0.05, 0.1) is 4.47 Å². The normalized spacial score (nSPS) is 12.9. The van der Waals surface area contributed by atoms with Gasteiger partial charge in [0.15, 0.2) is 6.61 Å². The summed E-state index contributed by atoms with van der Waals surface area (Å²) in [6, 6.07) is 10.3. The van der Waals surface area contributed by atoms with Gasteiger partial charge >= 0.3 is 0 Å². The third-order valence-corrected chi connectivity index (χ3v) is 6.92. The molecule has 1 N–H and O–H groups in total. The number of benzene rings is 2. The van der Waals surface area contributed by atoms with Gasteiger partial charge in [0.1, 0.15) is 11.8 Å². The number of amides is 2. The lowest BCUT2D eigenvalue weighted by molar-refractivity contribution is -0.143. The molecule has 2 aromatic carbocycles. The van der Waals surface area contributed by atoms with E-state index in [4.69, 9.17) is 27.9 Å². The van der Waals surface area contributed by atoms with E-state index in [2.05, 4.69) is 35.1 Å². The van der Waals surface area contributed by atoms with Gasteiger partial charge < -0.3 is 15.0 Å². The molecule has 34 heavy (non-hydrogen) atoms. The lowest BCUT2D eigenvalue weighted by Crippen LogP contribution is -2.51. The fraction of sp³-hybridized carbons (Fsp3) is 0.462. The number of nitrogens with zero attached hydrogens (tertiary/aromatic N) is 1. The lowest BCUT2D eigenvalue weighted by atomic mass is 10.0. The molecule has 0 aromatic heterocycles. The van der Waals surface area contributed by atoms with Crippen LogP contribution in [0.15, 0.2) is 40.9 Å². The standard InChI is InChI=1S/C26H33BrCl2N2O3/c1-6-17(5)30-26(33)23(7-2)31(14-19-8-10-20(28)13-22(19)29)25(32)15-34-24-11-9-18(16(3)4)12-21(24)27/h8-13,16-17,23H,6-7,14-15H2,1-5H3,(H,30,33)/t17-,23-/m1/s1. The predicted octanol–water partition coefficient (Wildman–Crippen LogP) is 6.98. The highest BCUT2D eigenvalue weighted by atomic mass is 79.9. The summed E-state index contributed by atoms with van der Waals surface area (Å²) in [5.41, 5.74) is 1.87. The minimum Gasteiger partial charge on any atom is -0.483 e. The smallest absolute Gasteiger partial charge is 0.261 e. The van der Waals surface area contributed by atoms with E-state index in [1.54, 1.807) is 18.2 Å². The summed E-state index contributed by atoms with van der Waals surface area (Å²) in [5, 5.41) is 3.94. The monoisotopic (exact) mass is 570 g/mol. The Bertz CT molecular complexity index is 1000. The Kier molecular flexibility index (Phi) is 11.2. The van der Waals surface area contributed by atoms with Crippen LogP contribution in [0.5, 0.6) is 5.75 Å². The van der Waals surface area contributed by atoms with Crippen LogP contribution in [-0.4, -0.2) is 35.4 Å². The second kappa shape index (κ2) is 13.4. The molecule has 5 nitrogen and oxygen atoms in total. The van der Waals surface area contributed by atoms with Crippen LogP contribution in [0.4, 0.5) is 0 Å². The Labute approximate surface area is 221 Å². The van der Waals surface area contributed by atoms with E-state index < -0.39 is 6.04 Å². The number of carbonyl (C=O) groups is 2. The molecule has 2 aromatic rings. The Morgan fingerprint density at radius 2 is 1.76 bits per heavy atom. The SMILES string of the molecule is CC[C@@H](C)NC(=O)[C@@H](CC)N(Cc1ccc(Cl)cc1Cl)C(=O)COc1ccc(C(C)C)cc1Br. The molecule has 0 aliphatic heterocycles. The molecule has 0 aliphatic rings. The van der Waals surface area contributed by atoms with Crippen LogP contribution in [0.25, 0.3) is 0 Å². The zero-order valence-corrected chi connectivity index (χ0v) is 23.4. The molecule has 0 aliphatic carbocycles. The molecular weight excluding hydrogens is 539 g/mol. The molecule has 2 amide bonds. The van der Waals surface area contributed by atoms with Gasteiger partial charge in [0.25, 0.3) is 5.91 Å². The van der Waals surface area contributed by atoms with Gasteiger partial charge in [-0.1, -0.05) is 63.0 Å². The number of ether oxygens (including phenoxy) is 1. The van der Waals surface area contributed by atoms with Crippen molar-refractivity contribution in [3.8, 4) is 5.75 Å². The summed E-state index contributed by atoms with van der Waals surface area (Å²) in [6.07, 6.45) is 1.24. The third kappa shape index (κ3) is 7.89. The minimum absolute atomic E-state index is 0.00398. The van der Waals surface area contributed by atoms with Crippen molar-refractivity contribution < 1.29 is 14.3 Å². The quantitative estimate of drug-likeness (QED) is 0.316. The van der Waals surface area contributed by atoms with Crippen LogP contribution < -0.4 is 10.1 Å². The summed E-state index contributed by atoms with van der Waals surface area (Å²) in [7, 11) is 0. The highest BCUT2D eigenvalue weighted by molar-refractivity contribution is 9.10. The first-order chi connectivity index (χ1) is 16.1. The Morgan fingerprint density at radius 1 is 1.06 bits per heavy atom. The lowest BCUT2D eigenvalue weighted by Gasteiger charge is -2.31. The molecule has 2 rings (SSSR count). The molecule has 0 unspecified atom stereocenters. The molecule has 0 fully saturated rings. The maximum atomic E-state index is 13.4. The van der Waals surface area contributed by atoms with Gasteiger partial charge in [-0.25, -0.2) is 0 Å². The summed E-state index contributed by atoms with van der Waals surface area (Å²) in [6.45, 7) is 10.00. The van der Waals surface area contributed by atoms with Crippen molar-refractivity contribution in [3.05, 3.63) is 62.0 Å². The average molecular weight is 572 g/mol. The van der Waals surface area contributed by atoms with E-state index in [1.165, 1.54) is 4.90 Å². The van der Waals surface area contributed by atoms with E-state index in [0.717, 1.165) is 16.5 Å². The molecule has 0 heterocycles. The van der Waals surface area contributed by atoms with Crippen molar-refractivity contribution >= 4 is 50.9 Å². The number of hydrogen-bond donors (Lipinski definition) is 1. The van der Waals surface area contributed by atoms with Crippen molar-refractivity contribution in [1.82, 2.24) is 10.2 Å². The van der Waals surface area contributed by atoms with E-state index in [1.807, 2.05) is 39.0 Å². The number of halogens is 3. The number of carbonyl (C=O) groups excluding carboxylic acids is 2. The van der Waals surface area contributed by atoms with Crippen LogP contribution in [0.3, 0.4) is 0 Å². The maximum Gasteiger partial charge on any atom is 0.261 e. The molecule has 8 heteroatoms. The van der Waals surface area contributed by atoms with Crippen molar-refractivity contribution in [2.75, 3.05) is 6.61 Å². The van der Waals surface area contributed by atoms with Crippen LogP contribution in [-0.2, 0) is 16.1 Å². The minimum atomic E-state index is -0.663. The maximum absolute atomic E-state index is 13.4. The molecule has 0 saturated heterocycles. The van der Waals surface area contributed by atoms with Crippen LogP contribution in [0.2, 0.25) is 10.0 Å². The van der Waals surface area contributed by atoms with Crippen molar-refractivity contribution in [1.29, 1.82) is 0 Å². The van der Waals surface area contributed by atoms with Gasteiger partial charge in [-0.3, -0.25) is 9.59 Å². The third-order valence-electron chi connectivity index (χ3n) is 5.72. The van der Waals surface area contributed by atoms with E-state index in [9.17, 15) is 9.59 Å². The molecule has 0 spiro atoms. The summed E-state index contributed by atoms with van der Waals surface area (Å²) < 4.78 is 6.63. The average Bonchev–Trinajstić information content (AvgIpc) is 2.78. The van der Waals surface area contributed by atoms with Gasteiger partial charge in [-0.05, 0) is 77.0 Å². The first kappa shape index (κ1) is 28.5. The van der Waals surface area contributed by atoms with Crippen molar-refractivity contribution in [3.63, 3.8) is 0 Å². The highest BCUT2D eigenvalue weighted by Crippen LogP contribution is 2.29. The Balaban J connectivity index is 2.28. The number of nitrogens with one attached hydrogen (secondary N) is 1. The Morgan fingerprint density at radius 3 is 2.32 bits per heavy atom. The van der Waals surface area contributed by atoms with Crippen LogP contribution in [0.1, 0.15) is 64.5 Å². The fourth-order valence-corrected chi connectivity index (χ4v) is 4.39. The second-order valence-electron chi connectivity index (χ2n) is 8.63. The first-order valence-corrected chi connectivity index (χ1v) is 13.1. The van der Waals surface area contributed by atoms with Gasteiger partial charge in [-0.15, -0.1) is 0 Å². The summed E-state index contributed by atoms with van der Waals surface area (Å²) >= 11 is 16.0. The molecule has 0 bridgehead atoms. The van der Waals surface area contributed by atoms with E-state index >= 15 is 0 Å². The summed E-state index contributed by atoms with van der Waals surface area (Å²) in [5.74, 6) is 0.440. The zero-order valence-electron chi connectivity index (χ0n) is 20.3. The van der Waals surface area contributed by atoms with Crippen LogP contribution in [0, 0.1) is 0 Å². The van der Waals surface area contributed by atoms with Gasteiger partial charge in [0, 0.05) is 22.6 Å². The van der Waals surface area contributed by atoms with Crippen LogP contribution >= 0.6 is 39.1 Å². The second-order valence-corrected chi connectivity index (χ2v) is 10.3. The number of rotatable bonds is 11. The predicted molar refractivity (Wildman–Crippen MR) is 143 cm³/mol. The first-order valence-electron chi connectivity index (χ1n) is 11.5. The topological polar surface area (TPSA) is 58.6 Å². The molecule has 186 valence electrons. The highest BCUT2D eigenvalue weighted by Gasteiger charge is 2.30. The molecule has 2 atom stereocenters. The van der Waals surface area contributed by atoms with Gasteiger partial charge in [0.2, 0.25) is 5.91 Å². The molecular formula is C26H33BrCl2N2O3. The largest absolute Gasteiger partial charge is 0.483 e. The Hall–Kier alpha value is -1.76. The van der Waals surface area contributed by atoms with E-state index in [0.29, 0.717) is 33.7 Å². The summed E-state index contributed by atoms with van der Waals surface area (Å²) in [4.78, 5) is 28.0. The molecule has 0 saturated carbocycles. The van der Waals surface area contributed by atoms with Crippen molar-refractivity contribution in [2.45, 2.75) is 72.0 Å². The molecule has 0 radical (unpaired) electrons. The fourth-order valence-electron chi connectivity index (χ4n) is 3.41. The number of hydrogen-bond acceptors (Lipinski definition) is 3. The van der Waals surface area contributed by atoms with E-state index in [-0.39, 0.29) is 31.0 Å². The van der Waals surface area contributed by atoms with Gasteiger partial charge in [-0.2, -0.15) is 0 Å². The van der Waals surface area contributed by atoms with Crippen molar-refractivity contribution in [2.24, 2.45) is 0 Å².